The number of hydrogen-bond acceptors (Lipinski definition) is 5. The van der Waals surface area contributed by atoms with E-state index >= 15 is 0 Å². The van der Waals surface area contributed by atoms with Gasteiger partial charge in [0.1, 0.15) is 6.10 Å². The van der Waals surface area contributed by atoms with Crippen molar-refractivity contribution in [2.24, 2.45) is 0 Å². The summed E-state index contributed by atoms with van der Waals surface area (Å²) in [5, 5.41) is 0. The van der Waals surface area contributed by atoms with Gasteiger partial charge in [-0.25, -0.2) is 14.4 Å². The highest BCUT2D eigenvalue weighted by Gasteiger charge is 2.29. The Morgan fingerprint density at radius 3 is 2.95 bits per heavy atom. The molecule has 2 aromatic rings. The lowest BCUT2D eigenvalue weighted by molar-refractivity contribution is 0.0738. The van der Waals surface area contributed by atoms with Gasteiger partial charge in [-0.3, -0.25) is 4.79 Å². The third kappa shape index (κ3) is 2.61. The van der Waals surface area contributed by atoms with Crippen molar-refractivity contribution in [1.82, 2.24) is 14.9 Å². The summed E-state index contributed by atoms with van der Waals surface area (Å²) in [4.78, 5) is 21.2. The molecule has 6 nitrogen and oxygen atoms in total. The third-order valence-corrected chi connectivity index (χ3v) is 3.03. The summed E-state index contributed by atoms with van der Waals surface area (Å²) in [6.07, 6.45) is 4.03. The molecule has 20 heavy (non-hydrogen) atoms. The van der Waals surface area contributed by atoms with Crippen LogP contribution in [-0.2, 0) is 0 Å². The van der Waals surface area contributed by atoms with Crippen molar-refractivity contribution < 1.29 is 18.3 Å². The summed E-state index contributed by atoms with van der Waals surface area (Å²) in [5.74, 6) is -0.372. The van der Waals surface area contributed by atoms with Gasteiger partial charge < -0.3 is 14.1 Å². The van der Waals surface area contributed by atoms with E-state index in [0.717, 1.165) is 12.4 Å². The van der Waals surface area contributed by atoms with E-state index in [0.29, 0.717) is 25.3 Å². The van der Waals surface area contributed by atoms with Gasteiger partial charge >= 0.3 is 6.01 Å². The Balaban J connectivity index is 1.59. The molecule has 0 radical (unpaired) electrons. The highest BCUT2D eigenvalue weighted by Crippen LogP contribution is 2.17. The minimum Gasteiger partial charge on any atom is -0.459 e. The fourth-order valence-electron chi connectivity index (χ4n) is 2.08. The lowest BCUT2D eigenvalue weighted by Gasteiger charge is -2.15. The molecule has 3 heterocycles. The first-order valence-corrected chi connectivity index (χ1v) is 6.19. The monoisotopic (exact) mass is 277 g/mol. The van der Waals surface area contributed by atoms with E-state index in [1.54, 1.807) is 17.0 Å². The van der Waals surface area contributed by atoms with Crippen LogP contribution in [0.2, 0.25) is 0 Å². The Bertz CT molecular complexity index is 585. The molecule has 0 aromatic carbocycles. The largest absolute Gasteiger partial charge is 0.459 e. The molecule has 3 rings (SSSR count). The van der Waals surface area contributed by atoms with Crippen LogP contribution in [0.1, 0.15) is 17.0 Å². The zero-order chi connectivity index (χ0) is 13.9. The van der Waals surface area contributed by atoms with E-state index in [1.165, 1.54) is 6.26 Å². The maximum absolute atomic E-state index is 12.7. The number of rotatable bonds is 3. The molecule has 1 aliphatic heterocycles. The zero-order valence-electron chi connectivity index (χ0n) is 10.5. The van der Waals surface area contributed by atoms with E-state index in [4.69, 9.17) is 9.15 Å². The van der Waals surface area contributed by atoms with Gasteiger partial charge in [-0.1, -0.05) is 0 Å². The molecule has 0 bridgehead atoms. The van der Waals surface area contributed by atoms with Crippen molar-refractivity contribution in [2.45, 2.75) is 12.5 Å². The maximum Gasteiger partial charge on any atom is 0.316 e. The number of nitrogens with zero attached hydrogens (tertiary/aromatic N) is 3. The van der Waals surface area contributed by atoms with Gasteiger partial charge in [-0.2, -0.15) is 0 Å². The van der Waals surface area contributed by atoms with Crippen LogP contribution in [0.15, 0.2) is 35.2 Å². The van der Waals surface area contributed by atoms with Gasteiger partial charge in [-0.05, 0) is 12.1 Å². The van der Waals surface area contributed by atoms with Gasteiger partial charge in [0.25, 0.3) is 5.91 Å². The molecule has 1 atom stereocenters. The van der Waals surface area contributed by atoms with Gasteiger partial charge in [-0.15, -0.1) is 0 Å². The van der Waals surface area contributed by atoms with E-state index < -0.39 is 5.82 Å². The molecule has 1 aliphatic rings. The molecule has 1 amide bonds. The van der Waals surface area contributed by atoms with Crippen molar-refractivity contribution in [3.05, 3.63) is 42.4 Å². The maximum atomic E-state index is 12.7. The molecule has 1 unspecified atom stereocenters. The van der Waals surface area contributed by atoms with E-state index in [1.807, 2.05) is 0 Å². The number of likely N-dealkylation sites (tertiary alicyclic amines) is 1. The van der Waals surface area contributed by atoms with Gasteiger partial charge in [0.2, 0.25) is 0 Å². The molecule has 0 saturated carbocycles. The van der Waals surface area contributed by atoms with Crippen LogP contribution in [-0.4, -0.2) is 40.0 Å². The summed E-state index contributed by atoms with van der Waals surface area (Å²) >= 11 is 0. The second-order valence-corrected chi connectivity index (χ2v) is 4.44. The molecular formula is C13H12FN3O3. The van der Waals surface area contributed by atoms with Crippen molar-refractivity contribution in [3.63, 3.8) is 0 Å². The predicted molar refractivity (Wildman–Crippen MR) is 65.6 cm³/mol. The lowest BCUT2D eigenvalue weighted by Crippen LogP contribution is -2.30. The topological polar surface area (TPSA) is 68.5 Å². The average molecular weight is 277 g/mol. The number of hydrogen-bond donors (Lipinski definition) is 0. The summed E-state index contributed by atoms with van der Waals surface area (Å²) < 4.78 is 23.3. The Kier molecular flexibility index (Phi) is 3.32. The SMILES string of the molecule is O=C(c1ccco1)N1CCC(Oc2ncc(F)cn2)C1. The molecule has 0 aliphatic carbocycles. The number of ether oxygens (including phenoxy) is 1. The highest BCUT2D eigenvalue weighted by atomic mass is 19.1. The molecule has 2 aromatic heterocycles. The van der Waals surface area contributed by atoms with E-state index in [-0.39, 0.29) is 18.0 Å². The Morgan fingerprint density at radius 1 is 1.45 bits per heavy atom. The Morgan fingerprint density at radius 2 is 2.25 bits per heavy atom. The van der Waals surface area contributed by atoms with Crippen LogP contribution >= 0.6 is 0 Å². The number of halogens is 1. The summed E-state index contributed by atoms with van der Waals surface area (Å²) in [7, 11) is 0. The van der Waals surface area contributed by atoms with Gasteiger partial charge in [0.05, 0.1) is 25.2 Å². The van der Waals surface area contributed by atoms with Crippen LogP contribution in [0.25, 0.3) is 0 Å². The van der Waals surface area contributed by atoms with Crippen molar-refractivity contribution in [1.29, 1.82) is 0 Å². The molecule has 104 valence electrons. The van der Waals surface area contributed by atoms with Crippen LogP contribution in [0.4, 0.5) is 4.39 Å². The van der Waals surface area contributed by atoms with E-state index in [9.17, 15) is 9.18 Å². The third-order valence-electron chi connectivity index (χ3n) is 3.03. The number of carbonyl (C=O) groups is 1. The van der Waals surface area contributed by atoms with E-state index in [2.05, 4.69) is 9.97 Å². The first-order chi connectivity index (χ1) is 9.72. The minimum absolute atomic E-state index is 0.115. The zero-order valence-corrected chi connectivity index (χ0v) is 10.5. The Labute approximate surface area is 114 Å². The predicted octanol–water partition coefficient (Wildman–Crippen LogP) is 1.50. The summed E-state index contributed by atoms with van der Waals surface area (Å²) in [6, 6.07) is 3.41. The molecule has 7 heteroatoms. The van der Waals surface area contributed by atoms with Crippen LogP contribution in [0.3, 0.4) is 0 Å². The smallest absolute Gasteiger partial charge is 0.316 e. The molecular weight excluding hydrogens is 265 g/mol. The first-order valence-electron chi connectivity index (χ1n) is 6.19. The second kappa shape index (κ2) is 5.28. The van der Waals surface area contributed by atoms with Crippen LogP contribution in [0, 0.1) is 5.82 Å². The van der Waals surface area contributed by atoms with Crippen molar-refractivity contribution in [3.8, 4) is 6.01 Å². The normalized spacial score (nSPS) is 18.2. The minimum atomic E-state index is -0.515. The molecule has 0 spiro atoms. The number of amides is 1. The molecule has 0 N–H and O–H groups in total. The van der Waals surface area contributed by atoms with Gasteiger partial charge in [0, 0.05) is 13.0 Å². The number of aromatic nitrogens is 2. The Hall–Kier alpha value is -2.44. The van der Waals surface area contributed by atoms with Crippen LogP contribution in [0.5, 0.6) is 6.01 Å². The fraction of sp³-hybridized carbons (Fsp3) is 0.308. The second-order valence-electron chi connectivity index (χ2n) is 4.44. The summed E-state index contributed by atoms with van der Waals surface area (Å²) in [6.45, 7) is 1.01. The number of furan rings is 1. The van der Waals surface area contributed by atoms with Crippen molar-refractivity contribution in [2.75, 3.05) is 13.1 Å². The van der Waals surface area contributed by atoms with Crippen LogP contribution < -0.4 is 4.74 Å². The first kappa shape index (κ1) is 12.6. The quantitative estimate of drug-likeness (QED) is 0.850. The molecule has 1 fully saturated rings. The van der Waals surface area contributed by atoms with Crippen molar-refractivity contribution >= 4 is 5.91 Å². The highest BCUT2D eigenvalue weighted by molar-refractivity contribution is 5.91. The summed E-state index contributed by atoms with van der Waals surface area (Å²) in [5.41, 5.74) is 0. The standard InChI is InChI=1S/C13H12FN3O3/c14-9-6-15-13(16-7-9)20-10-3-4-17(8-10)12(18)11-2-1-5-19-11/h1-2,5-7,10H,3-4,8H2. The lowest BCUT2D eigenvalue weighted by atomic mass is 10.3. The number of carbonyl (C=O) groups excluding carboxylic acids is 1. The van der Waals surface area contributed by atoms with Gasteiger partial charge in [0.15, 0.2) is 11.6 Å². The fourth-order valence-corrected chi connectivity index (χ4v) is 2.08. The molecule has 1 saturated heterocycles. The average Bonchev–Trinajstić information content (AvgIpc) is 3.12.